The Bertz CT molecular complexity index is 572. The number of benzene rings is 1. The van der Waals surface area contributed by atoms with E-state index < -0.39 is 34.6 Å². The highest BCUT2D eigenvalue weighted by Crippen LogP contribution is 2.25. The van der Waals surface area contributed by atoms with E-state index >= 15 is 0 Å². The van der Waals surface area contributed by atoms with Gasteiger partial charge < -0.3 is 0 Å². The summed E-state index contributed by atoms with van der Waals surface area (Å²) in [6, 6.07) is 3.34. The van der Waals surface area contributed by atoms with Crippen molar-refractivity contribution >= 4 is 23.5 Å². The first-order valence-electron chi connectivity index (χ1n) is 4.75. The maximum Gasteiger partial charge on any atom is 0.200 e. The molecule has 1 aromatic heterocycles. The topological polar surface area (TPSA) is 0 Å². The number of hydrogen-bond acceptors (Lipinski definition) is 1. The second-order valence-corrected chi connectivity index (χ2v) is 4.31. The van der Waals surface area contributed by atoms with Gasteiger partial charge in [0.1, 0.15) is 0 Å². The van der Waals surface area contributed by atoms with Crippen LogP contribution in [0.4, 0.5) is 22.0 Å². The Morgan fingerprint density at radius 2 is 1.33 bits per heavy atom. The molecule has 1 aromatic carbocycles. The highest BCUT2D eigenvalue weighted by Gasteiger charge is 2.24. The van der Waals surface area contributed by atoms with Crippen LogP contribution in [-0.4, -0.2) is 0 Å². The lowest BCUT2D eigenvalue weighted by molar-refractivity contribution is 0.377. The van der Waals surface area contributed by atoms with Gasteiger partial charge in [-0.25, -0.2) is 22.0 Å². The van der Waals surface area contributed by atoms with Crippen molar-refractivity contribution in [3.05, 3.63) is 57.0 Å². The van der Waals surface area contributed by atoms with E-state index in [-0.39, 0.29) is 0 Å². The van der Waals surface area contributed by atoms with Crippen molar-refractivity contribution in [2.75, 3.05) is 0 Å². The molecule has 18 heavy (non-hydrogen) atoms. The second kappa shape index (κ2) is 4.89. The maximum atomic E-state index is 13.3. The van der Waals surface area contributed by atoms with E-state index in [0.29, 0.717) is 4.88 Å². The third-order valence-electron chi connectivity index (χ3n) is 2.20. The Labute approximate surface area is 103 Å². The normalized spacial score (nSPS) is 11.4. The van der Waals surface area contributed by atoms with Crippen LogP contribution in [0.15, 0.2) is 17.5 Å². The number of thiophene rings is 1. The van der Waals surface area contributed by atoms with Gasteiger partial charge in [-0.2, -0.15) is 0 Å². The molecule has 0 bridgehead atoms. The first-order valence-corrected chi connectivity index (χ1v) is 5.63. The molecule has 0 aliphatic rings. The summed E-state index contributed by atoms with van der Waals surface area (Å²) in [6.45, 7) is 0. The van der Waals surface area contributed by atoms with Gasteiger partial charge in [0.15, 0.2) is 23.3 Å². The largest absolute Gasteiger partial charge is 0.203 e. The fourth-order valence-corrected chi connectivity index (χ4v) is 1.94. The molecule has 0 atom stereocenters. The molecule has 94 valence electrons. The Balaban J connectivity index is 2.52. The smallest absolute Gasteiger partial charge is 0.200 e. The Morgan fingerprint density at radius 3 is 1.83 bits per heavy atom. The standard InChI is InChI=1S/C12H5F5S/c13-8-7(4-3-6-2-1-5-18-6)9(14)11(16)12(17)10(8)15/h1-5H/b4-3+. The second-order valence-electron chi connectivity index (χ2n) is 3.33. The van der Waals surface area contributed by atoms with Crippen LogP contribution in [0, 0.1) is 29.1 Å². The molecule has 0 N–H and O–H groups in total. The van der Waals surface area contributed by atoms with Gasteiger partial charge in [0.25, 0.3) is 0 Å². The molecule has 0 saturated heterocycles. The van der Waals surface area contributed by atoms with Gasteiger partial charge in [-0.3, -0.25) is 0 Å². The summed E-state index contributed by atoms with van der Waals surface area (Å²) in [5, 5.41) is 1.72. The van der Waals surface area contributed by atoms with Gasteiger partial charge in [-0.1, -0.05) is 6.07 Å². The lowest BCUT2D eigenvalue weighted by Gasteiger charge is -2.03. The van der Waals surface area contributed by atoms with E-state index in [1.807, 2.05) is 0 Å². The molecule has 0 nitrogen and oxygen atoms in total. The molecule has 0 aliphatic heterocycles. The first kappa shape index (κ1) is 12.8. The van der Waals surface area contributed by atoms with Crippen molar-refractivity contribution in [3.8, 4) is 0 Å². The molecule has 0 spiro atoms. The molecule has 1 heterocycles. The van der Waals surface area contributed by atoms with Crippen LogP contribution in [0.1, 0.15) is 10.4 Å². The van der Waals surface area contributed by atoms with E-state index in [0.717, 1.165) is 6.08 Å². The minimum absolute atomic E-state index is 0.638. The van der Waals surface area contributed by atoms with Gasteiger partial charge in [-0.15, -0.1) is 11.3 Å². The van der Waals surface area contributed by atoms with Crippen LogP contribution in [0.5, 0.6) is 0 Å². The molecule has 6 heteroatoms. The molecular weight excluding hydrogens is 271 g/mol. The number of rotatable bonds is 2. The van der Waals surface area contributed by atoms with E-state index in [1.165, 1.54) is 17.4 Å². The van der Waals surface area contributed by atoms with Gasteiger partial charge in [0.05, 0.1) is 5.56 Å². The first-order chi connectivity index (χ1) is 8.52. The quantitative estimate of drug-likeness (QED) is 0.427. The molecule has 0 unspecified atom stereocenters. The van der Waals surface area contributed by atoms with Crippen molar-refractivity contribution in [3.63, 3.8) is 0 Å². The number of hydrogen-bond donors (Lipinski definition) is 0. The van der Waals surface area contributed by atoms with Crippen molar-refractivity contribution < 1.29 is 22.0 Å². The van der Waals surface area contributed by atoms with E-state index in [1.54, 1.807) is 17.5 Å². The molecule has 0 radical (unpaired) electrons. The summed E-state index contributed by atoms with van der Waals surface area (Å²) in [5.74, 6) is -9.71. The summed E-state index contributed by atoms with van der Waals surface area (Å²) < 4.78 is 65.0. The fourth-order valence-electron chi connectivity index (χ4n) is 1.32. The summed E-state index contributed by atoms with van der Waals surface area (Å²) in [4.78, 5) is 0.638. The van der Waals surface area contributed by atoms with Crippen molar-refractivity contribution in [1.82, 2.24) is 0 Å². The van der Waals surface area contributed by atoms with Gasteiger partial charge >= 0.3 is 0 Å². The summed E-state index contributed by atoms with van der Waals surface area (Å²) in [5.41, 5.74) is -0.945. The van der Waals surface area contributed by atoms with Crippen LogP contribution in [0.2, 0.25) is 0 Å². The minimum Gasteiger partial charge on any atom is -0.203 e. The molecule has 0 amide bonds. The molecule has 2 aromatic rings. The highest BCUT2D eigenvalue weighted by atomic mass is 32.1. The molecule has 0 saturated carbocycles. The maximum absolute atomic E-state index is 13.3. The zero-order chi connectivity index (χ0) is 13.3. The highest BCUT2D eigenvalue weighted by molar-refractivity contribution is 7.10. The van der Waals surface area contributed by atoms with Gasteiger partial charge in [-0.05, 0) is 23.6 Å². The van der Waals surface area contributed by atoms with Crippen LogP contribution in [-0.2, 0) is 0 Å². The average Bonchev–Trinajstić information content (AvgIpc) is 2.87. The fraction of sp³-hybridized carbons (Fsp3) is 0. The minimum atomic E-state index is -2.15. The average molecular weight is 276 g/mol. The molecule has 0 fully saturated rings. The van der Waals surface area contributed by atoms with Gasteiger partial charge in [0.2, 0.25) is 5.82 Å². The summed E-state index contributed by atoms with van der Waals surface area (Å²) >= 11 is 1.27. The van der Waals surface area contributed by atoms with Crippen molar-refractivity contribution in [2.24, 2.45) is 0 Å². The number of halogens is 5. The predicted octanol–water partition coefficient (Wildman–Crippen LogP) is 4.61. The summed E-state index contributed by atoms with van der Waals surface area (Å²) in [6.07, 6.45) is 2.14. The predicted molar refractivity (Wildman–Crippen MR) is 59.5 cm³/mol. The lowest BCUT2D eigenvalue weighted by atomic mass is 10.1. The monoisotopic (exact) mass is 276 g/mol. The molecule has 0 aliphatic carbocycles. The Morgan fingerprint density at radius 1 is 0.778 bits per heavy atom. The van der Waals surface area contributed by atoms with E-state index in [4.69, 9.17) is 0 Å². The molecule has 2 rings (SSSR count). The van der Waals surface area contributed by atoms with Crippen molar-refractivity contribution in [1.29, 1.82) is 0 Å². The third-order valence-corrected chi connectivity index (χ3v) is 3.04. The lowest BCUT2D eigenvalue weighted by Crippen LogP contribution is -2.03. The van der Waals surface area contributed by atoms with E-state index in [9.17, 15) is 22.0 Å². The van der Waals surface area contributed by atoms with Crippen LogP contribution >= 0.6 is 11.3 Å². The van der Waals surface area contributed by atoms with Crippen LogP contribution in [0.3, 0.4) is 0 Å². The van der Waals surface area contributed by atoms with Crippen LogP contribution in [0.25, 0.3) is 12.2 Å². The van der Waals surface area contributed by atoms with Gasteiger partial charge in [0, 0.05) is 4.88 Å². The Hall–Kier alpha value is -1.69. The van der Waals surface area contributed by atoms with Crippen molar-refractivity contribution in [2.45, 2.75) is 0 Å². The molecular formula is C12H5F5S. The zero-order valence-electron chi connectivity index (χ0n) is 8.68. The zero-order valence-corrected chi connectivity index (χ0v) is 9.50. The summed E-state index contributed by atoms with van der Waals surface area (Å²) in [7, 11) is 0. The van der Waals surface area contributed by atoms with Crippen LogP contribution < -0.4 is 0 Å². The van der Waals surface area contributed by atoms with E-state index in [2.05, 4.69) is 0 Å². The Kier molecular flexibility index (Phi) is 3.47. The third kappa shape index (κ3) is 2.15. The SMILES string of the molecule is Fc1c(F)c(F)c(/C=C/c2cccs2)c(F)c1F.